The van der Waals surface area contributed by atoms with Crippen LogP contribution in [0.25, 0.3) is 0 Å². The zero-order chi connectivity index (χ0) is 30.8. The molecule has 1 aromatic heterocycles. The van der Waals surface area contributed by atoms with Gasteiger partial charge in [-0.05, 0) is 87.4 Å². The van der Waals surface area contributed by atoms with Gasteiger partial charge >= 0.3 is 6.18 Å². The summed E-state index contributed by atoms with van der Waals surface area (Å²) >= 11 is 6.40. The second kappa shape index (κ2) is 12.9. The largest absolute Gasteiger partial charge is 0.492 e. The van der Waals surface area contributed by atoms with Gasteiger partial charge in [0.15, 0.2) is 0 Å². The molecule has 3 aromatic rings. The molecule has 43 heavy (non-hydrogen) atoms. The molecule has 13 heteroatoms. The molecule has 2 aliphatic rings. The van der Waals surface area contributed by atoms with Gasteiger partial charge in [-0.25, -0.2) is 13.4 Å². The molecule has 0 saturated carbocycles. The maximum atomic E-state index is 13.7. The lowest BCUT2D eigenvalue weighted by atomic mass is 9.98. The van der Waals surface area contributed by atoms with Crippen LogP contribution in [0.2, 0.25) is 5.02 Å². The van der Waals surface area contributed by atoms with E-state index in [0.29, 0.717) is 41.8 Å². The van der Waals surface area contributed by atoms with Gasteiger partial charge in [-0.3, -0.25) is 4.72 Å². The highest BCUT2D eigenvalue weighted by atomic mass is 35.5. The summed E-state index contributed by atoms with van der Waals surface area (Å²) in [5.41, 5.74) is 0.908. The van der Waals surface area contributed by atoms with Crippen LogP contribution in [0.15, 0.2) is 53.4 Å². The Balaban J connectivity index is 1.38. The third-order valence-electron chi connectivity index (χ3n) is 7.74. The molecule has 8 nitrogen and oxygen atoms in total. The van der Waals surface area contributed by atoms with E-state index in [0.717, 1.165) is 61.9 Å². The number of hydrogen-bond donors (Lipinski definition) is 1. The highest BCUT2D eigenvalue weighted by Gasteiger charge is 2.37. The van der Waals surface area contributed by atoms with Gasteiger partial charge in [0.25, 0.3) is 10.0 Å². The predicted octanol–water partition coefficient (Wildman–Crippen LogP) is 5.84. The summed E-state index contributed by atoms with van der Waals surface area (Å²) in [7, 11) is -0.628. The molecule has 1 saturated heterocycles. The number of fused-ring (bicyclic) bond motifs is 1. The van der Waals surface area contributed by atoms with Crippen molar-refractivity contribution in [2.75, 3.05) is 45.1 Å². The molecule has 0 radical (unpaired) electrons. The molecule has 0 unspecified atom stereocenters. The van der Waals surface area contributed by atoms with E-state index in [2.05, 4.69) is 21.7 Å². The second-order valence-electron chi connectivity index (χ2n) is 11.1. The van der Waals surface area contributed by atoms with E-state index in [-0.39, 0.29) is 18.2 Å². The normalized spacial score (nSPS) is 17.0. The number of likely N-dealkylation sites (tertiary alicyclic amines) is 1. The number of halogens is 4. The number of alkyl halides is 3. The van der Waals surface area contributed by atoms with Crippen LogP contribution >= 0.6 is 11.6 Å². The predicted molar refractivity (Wildman–Crippen MR) is 158 cm³/mol. The molecule has 1 fully saturated rings. The fourth-order valence-electron chi connectivity index (χ4n) is 5.25. The Morgan fingerprint density at radius 3 is 2.51 bits per heavy atom. The van der Waals surface area contributed by atoms with Crippen molar-refractivity contribution in [1.29, 1.82) is 0 Å². The van der Waals surface area contributed by atoms with Crippen molar-refractivity contribution in [2.45, 2.75) is 43.5 Å². The zero-order valence-corrected chi connectivity index (χ0v) is 25.5. The van der Waals surface area contributed by atoms with Crippen LogP contribution < -0.4 is 14.2 Å². The maximum absolute atomic E-state index is 13.7. The van der Waals surface area contributed by atoms with Crippen LogP contribution in [-0.2, 0) is 35.8 Å². The van der Waals surface area contributed by atoms with Gasteiger partial charge in [-0.1, -0.05) is 29.8 Å². The SMILES string of the molecule is CN1CCC(COc2cc(COc3nc4c(cc3NS(=O)(=O)c3ccccc3C(F)(F)F)CN(C)CC4)ccc2Cl)CC1. The topological polar surface area (TPSA) is 84.0 Å². The number of rotatable bonds is 9. The first-order valence-electron chi connectivity index (χ1n) is 14.0. The van der Waals surface area contributed by atoms with E-state index >= 15 is 0 Å². The van der Waals surface area contributed by atoms with Crippen LogP contribution in [0.3, 0.4) is 0 Å². The Labute approximate surface area is 254 Å². The summed E-state index contributed by atoms with van der Waals surface area (Å²) in [4.78, 5) is 8.05. The number of nitrogens with zero attached hydrogens (tertiary/aromatic N) is 3. The Bertz CT molecular complexity index is 1560. The van der Waals surface area contributed by atoms with Crippen LogP contribution in [0, 0.1) is 5.92 Å². The summed E-state index contributed by atoms with van der Waals surface area (Å²) < 4.78 is 81.9. The highest BCUT2D eigenvalue weighted by Crippen LogP contribution is 2.37. The Hall–Kier alpha value is -3.06. The molecule has 232 valence electrons. The second-order valence-corrected chi connectivity index (χ2v) is 13.2. The van der Waals surface area contributed by atoms with Gasteiger partial charge in [0, 0.05) is 19.5 Å². The minimum Gasteiger partial charge on any atom is -0.492 e. The van der Waals surface area contributed by atoms with Crippen molar-refractivity contribution in [3.8, 4) is 11.6 Å². The van der Waals surface area contributed by atoms with Gasteiger partial charge in [0.05, 0.1) is 27.8 Å². The van der Waals surface area contributed by atoms with Gasteiger partial charge in [0.2, 0.25) is 5.88 Å². The average Bonchev–Trinajstić information content (AvgIpc) is 2.96. The molecule has 3 heterocycles. The first-order valence-corrected chi connectivity index (χ1v) is 15.9. The first-order chi connectivity index (χ1) is 20.4. The van der Waals surface area contributed by atoms with Crippen molar-refractivity contribution in [3.63, 3.8) is 0 Å². The number of pyridine rings is 1. The Morgan fingerprint density at radius 1 is 1.02 bits per heavy atom. The van der Waals surface area contributed by atoms with Gasteiger partial charge in [-0.15, -0.1) is 0 Å². The molecule has 0 bridgehead atoms. The molecule has 0 amide bonds. The summed E-state index contributed by atoms with van der Waals surface area (Å²) in [6.45, 7) is 3.84. The highest BCUT2D eigenvalue weighted by molar-refractivity contribution is 7.92. The number of hydrogen-bond acceptors (Lipinski definition) is 7. The molecule has 5 rings (SSSR count). The zero-order valence-electron chi connectivity index (χ0n) is 24.0. The Morgan fingerprint density at radius 2 is 1.77 bits per heavy atom. The molecule has 2 aliphatic heterocycles. The molecular formula is C30H34ClF3N4O4S. The fraction of sp³-hybridized carbons (Fsp3) is 0.433. The lowest BCUT2D eigenvalue weighted by Crippen LogP contribution is -2.32. The van der Waals surface area contributed by atoms with E-state index in [9.17, 15) is 21.6 Å². The smallest absolute Gasteiger partial charge is 0.417 e. The number of piperidine rings is 1. The third kappa shape index (κ3) is 7.72. The van der Waals surface area contributed by atoms with E-state index in [1.165, 1.54) is 6.07 Å². The van der Waals surface area contributed by atoms with Crippen LogP contribution in [0.5, 0.6) is 11.6 Å². The van der Waals surface area contributed by atoms with Gasteiger partial charge in [-0.2, -0.15) is 13.2 Å². The molecular weight excluding hydrogens is 605 g/mol. The molecule has 0 aliphatic carbocycles. The van der Waals surface area contributed by atoms with Crippen LogP contribution in [-0.4, -0.2) is 63.5 Å². The summed E-state index contributed by atoms with van der Waals surface area (Å²) in [6.07, 6.45) is -2.16. The quantitative estimate of drug-likeness (QED) is 0.315. The third-order valence-corrected chi connectivity index (χ3v) is 9.47. The number of benzene rings is 2. The molecule has 0 spiro atoms. The summed E-state index contributed by atoms with van der Waals surface area (Å²) in [5.74, 6) is 0.928. The first kappa shape index (κ1) is 31.4. The molecule has 0 atom stereocenters. The number of sulfonamides is 1. The summed E-state index contributed by atoms with van der Waals surface area (Å²) in [6, 6.07) is 10.9. The maximum Gasteiger partial charge on any atom is 0.417 e. The minimum absolute atomic E-state index is 0.00130. The number of likely N-dealkylation sites (N-methyl/N-ethyl adjacent to an activating group) is 1. The van der Waals surface area contributed by atoms with Crippen molar-refractivity contribution < 1.29 is 31.1 Å². The minimum atomic E-state index is -4.86. The van der Waals surface area contributed by atoms with Crippen molar-refractivity contribution in [2.24, 2.45) is 5.92 Å². The number of ether oxygens (including phenoxy) is 2. The lowest BCUT2D eigenvalue weighted by molar-refractivity contribution is -0.139. The Kier molecular flexibility index (Phi) is 9.40. The van der Waals surface area contributed by atoms with Crippen molar-refractivity contribution in [3.05, 3.63) is 75.9 Å². The van der Waals surface area contributed by atoms with Crippen molar-refractivity contribution >= 4 is 27.3 Å². The van der Waals surface area contributed by atoms with E-state index in [4.69, 9.17) is 21.1 Å². The summed E-state index contributed by atoms with van der Waals surface area (Å²) in [5, 5.41) is 0.462. The van der Waals surface area contributed by atoms with Crippen molar-refractivity contribution in [1.82, 2.24) is 14.8 Å². The van der Waals surface area contributed by atoms with Crippen LogP contribution in [0.4, 0.5) is 18.9 Å². The number of aromatic nitrogens is 1. The fourth-order valence-corrected chi connectivity index (χ4v) is 6.70. The van der Waals surface area contributed by atoms with Gasteiger partial charge < -0.3 is 19.3 Å². The standard InChI is InChI=1S/C30H34ClF3N4O4S/c1-37-12-9-20(10-13-37)18-41-27-15-21(7-8-24(27)31)19-42-29-26(16-22-17-38(2)14-11-25(22)35-29)36-43(39,40)28-6-4-3-5-23(28)30(32,33)34/h3-8,15-16,20,36H,9-14,17-19H2,1-2H3. The van der Waals surface area contributed by atoms with E-state index in [1.54, 1.807) is 24.3 Å². The average molecular weight is 639 g/mol. The van der Waals surface area contributed by atoms with E-state index < -0.39 is 26.7 Å². The van der Waals surface area contributed by atoms with E-state index in [1.807, 2.05) is 11.9 Å². The number of nitrogens with one attached hydrogen (secondary N) is 1. The monoisotopic (exact) mass is 638 g/mol. The van der Waals surface area contributed by atoms with Gasteiger partial charge in [0.1, 0.15) is 18.0 Å². The molecule has 2 aromatic carbocycles. The lowest BCUT2D eigenvalue weighted by Gasteiger charge is -2.28. The molecule has 1 N–H and O–H groups in total. The number of anilines is 1. The van der Waals surface area contributed by atoms with Crippen LogP contribution in [0.1, 0.15) is 35.2 Å².